The van der Waals surface area contributed by atoms with E-state index < -0.39 is 73.9 Å². The summed E-state index contributed by atoms with van der Waals surface area (Å²) in [6.45, 7) is -14.3. The van der Waals surface area contributed by atoms with Gasteiger partial charge in [0.1, 0.15) is 6.04 Å². The largest absolute Gasteiger partial charge is 0.416 e. The molecule has 1 fully saturated rings. The summed E-state index contributed by atoms with van der Waals surface area (Å²) >= 11 is 0. The fourth-order valence-corrected chi connectivity index (χ4v) is 1.99. The van der Waals surface area contributed by atoms with Gasteiger partial charge >= 0.3 is 6.18 Å². The molecule has 1 heterocycles. The van der Waals surface area contributed by atoms with Crippen molar-refractivity contribution in [3.8, 4) is 0 Å². The molecule has 0 aliphatic carbocycles. The summed E-state index contributed by atoms with van der Waals surface area (Å²) in [6, 6.07) is -1.27. The third kappa shape index (κ3) is 5.10. The van der Waals surface area contributed by atoms with Gasteiger partial charge in [0.25, 0.3) is 0 Å². The average molecular weight is 382 g/mol. The van der Waals surface area contributed by atoms with E-state index in [1.54, 1.807) is 0 Å². The summed E-state index contributed by atoms with van der Waals surface area (Å²) in [4.78, 5) is 24.1. The van der Waals surface area contributed by atoms with Crippen LogP contribution in [0.5, 0.6) is 0 Å². The first-order chi connectivity index (χ1) is 15.7. The highest BCUT2D eigenvalue weighted by Gasteiger charge is 2.32. The smallest absolute Gasteiger partial charge is 0.382 e. The first-order valence-electron chi connectivity index (χ1n) is 11.7. The Morgan fingerprint density at radius 3 is 2.58 bits per heavy atom. The van der Waals surface area contributed by atoms with E-state index in [1.165, 1.54) is 0 Å². The second kappa shape index (κ2) is 8.39. The van der Waals surface area contributed by atoms with Gasteiger partial charge in [-0.25, -0.2) is 0 Å². The van der Waals surface area contributed by atoms with Crippen LogP contribution >= 0.6 is 0 Å². The van der Waals surface area contributed by atoms with E-state index in [9.17, 15) is 22.8 Å². The van der Waals surface area contributed by atoms with Crippen molar-refractivity contribution >= 4 is 17.5 Å². The van der Waals surface area contributed by atoms with Crippen LogP contribution in [0.3, 0.4) is 0 Å². The number of nitrogens with one attached hydrogen (secondary N) is 1. The van der Waals surface area contributed by atoms with Crippen molar-refractivity contribution < 1.29 is 39.8 Å². The quantitative estimate of drug-likeness (QED) is 0.839. The predicted octanol–water partition coefficient (Wildman–Crippen LogP) is 1.51. The maximum atomic E-state index is 13.3. The summed E-state index contributed by atoms with van der Waals surface area (Å²) in [5, 5.41) is 2.09. The van der Waals surface area contributed by atoms with Crippen LogP contribution < -0.4 is 10.2 Å². The number of nitrogens with zero attached hydrogens (tertiary/aromatic N) is 2. The molecule has 9 heteroatoms. The molecule has 26 heavy (non-hydrogen) atoms. The zero-order chi connectivity index (χ0) is 27.4. The van der Waals surface area contributed by atoms with E-state index in [2.05, 4.69) is 5.32 Å². The number of methoxy groups -OCH3 is 1. The van der Waals surface area contributed by atoms with Gasteiger partial charge in [-0.3, -0.25) is 9.59 Å². The summed E-state index contributed by atoms with van der Waals surface area (Å²) in [5.74, 6) is -2.37. The van der Waals surface area contributed by atoms with Crippen LogP contribution in [0.25, 0.3) is 0 Å². The van der Waals surface area contributed by atoms with E-state index >= 15 is 0 Å². The third-order valence-electron chi connectivity index (χ3n) is 3.13. The second-order valence-electron chi connectivity index (χ2n) is 5.12. The van der Waals surface area contributed by atoms with Crippen LogP contribution in [0.1, 0.15) is 24.8 Å². The molecule has 1 aromatic carbocycles. The van der Waals surface area contributed by atoms with Crippen LogP contribution in [-0.4, -0.2) is 62.5 Å². The second-order valence-corrected chi connectivity index (χ2v) is 5.12. The van der Waals surface area contributed by atoms with E-state index in [1.807, 2.05) is 0 Å². The summed E-state index contributed by atoms with van der Waals surface area (Å²) in [5.41, 5.74) is -2.51. The topological polar surface area (TPSA) is 61.9 Å². The van der Waals surface area contributed by atoms with E-state index in [0.29, 0.717) is 12.1 Å². The Morgan fingerprint density at radius 2 is 2.04 bits per heavy atom. The third-order valence-corrected chi connectivity index (χ3v) is 3.13. The van der Waals surface area contributed by atoms with Crippen molar-refractivity contribution in [2.45, 2.75) is 19.1 Å². The molecular formula is C17H22F3N3O3. The number of rotatable bonds is 5. The molecule has 1 atom stereocenters. The number of benzene rings is 1. The van der Waals surface area contributed by atoms with Crippen LogP contribution in [0.2, 0.25) is 0 Å². The molecule has 0 spiro atoms. The molecule has 1 aliphatic heterocycles. The van der Waals surface area contributed by atoms with Gasteiger partial charge in [0.2, 0.25) is 11.8 Å². The number of hydrogen-bond acceptors (Lipinski definition) is 4. The molecule has 2 amide bonds. The number of alkyl halides is 3. The number of piperazine rings is 1. The van der Waals surface area contributed by atoms with Gasteiger partial charge in [0, 0.05) is 45.7 Å². The zero-order valence-corrected chi connectivity index (χ0v) is 13.8. The molecule has 0 aromatic heterocycles. The Balaban J connectivity index is 2.76. The molecule has 0 unspecified atom stereocenters. The summed E-state index contributed by atoms with van der Waals surface area (Å²) in [7, 11) is 1.11. The maximum Gasteiger partial charge on any atom is 0.416 e. The van der Waals surface area contributed by atoms with E-state index in [4.69, 9.17) is 17.1 Å². The van der Waals surface area contributed by atoms with Crippen molar-refractivity contribution in [1.82, 2.24) is 10.2 Å². The molecule has 0 radical (unpaired) electrons. The molecule has 6 nitrogen and oxygen atoms in total. The molecule has 1 saturated heterocycles. The zero-order valence-electron chi connectivity index (χ0n) is 22.8. The molecule has 1 aromatic rings. The SMILES string of the molecule is [2H]c1ccc(N2C([2H])([2H])C([2H])([2H])N(C(=O)[C@H](COC)NC(C)=O)C([2H])([2H])C2([2H])[2H])cc1C(F)(F)F. The van der Waals surface area contributed by atoms with Crippen molar-refractivity contribution in [1.29, 1.82) is 0 Å². The average Bonchev–Trinajstić information content (AvgIpc) is 2.66. The lowest BCUT2D eigenvalue weighted by Gasteiger charge is -2.37. The minimum Gasteiger partial charge on any atom is -0.382 e. The number of hydrogen-bond donors (Lipinski definition) is 1. The lowest BCUT2D eigenvalue weighted by Crippen LogP contribution is -2.56. The molecule has 0 bridgehead atoms. The highest BCUT2D eigenvalue weighted by molar-refractivity contribution is 5.87. The Morgan fingerprint density at radius 1 is 1.38 bits per heavy atom. The van der Waals surface area contributed by atoms with Crippen LogP contribution in [0, 0.1) is 0 Å². The number of carbonyl (C=O) groups excluding carboxylic acids is 2. The summed E-state index contributed by atoms with van der Waals surface area (Å²) in [6.07, 6.45) is -5.10. The Hall–Kier alpha value is -2.29. The number of ether oxygens (including phenoxy) is 1. The maximum absolute atomic E-state index is 13.3. The van der Waals surface area contributed by atoms with Crippen LogP contribution in [-0.2, 0) is 20.5 Å². The highest BCUT2D eigenvalue weighted by atomic mass is 19.4. The number of amides is 2. The summed E-state index contributed by atoms with van der Waals surface area (Å²) < 4.78 is 119. The van der Waals surface area contributed by atoms with Gasteiger partial charge < -0.3 is 19.9 Å². The Kier molecular flexibility index (Phi) is 3.47. The molecule has 1 N–H and O–H groups in total. The molecule has 2 rings (SSSR count). The molecule has 0 saturated carbocycles. The number of anilines is 1. The van der Waals surface area contributed by atoms with Crippen molar-refractivity contribution in [3.63, 3.8) is 0 Å². The van der Waals surface area contributed by atoms with Crippen LogP contribution in [0.4, 0.5) is 18.9 Å². The lowest BCUT2D eigenvalue weighted by molar-refractivity contribution is -0.137. The Bertz CT molecular complexity index is 980. The minimum atomic E-state index is -5.10. The number of halogens is 3. The molecule has 1 aliphatic rings. The van der Waals surface area contributed by atoms with E-state index in [-0.39, 0.29) is 15.9 Å². The van der Waals surface area contributed by atoms with Gasteiger partial charge in [0.15, 0.2) is 0 Å². The van der Waals surface area contributed by atoms with Crippen molar-refractivity contribution in [2.75, 3.05) is 44.6 Å². The van der Waals surface area contributed by atoms with Gasteiger partial charge in [-0.1, -0.05) is 6.07 Å². The highest BCUT2D eigenvalue weighted by Crippen LogP contribution is 2.31. The standard InChI is InChI=1S/C17H22F3N3O3/c1-12(24)21-15(11-26-2)16(25)23-8-6-22(7-9-23)14-5-3-4-13(10-14)17(18,19)20/h3-5,10,15H,6-9,11H2,1-2H3,(H,21,24)/t15-/m0/s1/i4D,6D2,7D2,8D2,9D2. The van der Waals surface area contributed by atoms with Crippen molar-refractivity contribution in [3.05, 3.63) is 29.8 Å². The van der Waals surface area contributed by atoms with Gasteiger partial charge in [0.05, 0.1) is 24.5 Å². The lowest BCUT2D eigenvalue weighted by atomic mass is 10.1. The first kappa shape index (κ1) is 10.8. The van der Waals surface area contributed by atoms with Crippen molar-refractivity contribution in [2.24, 2.45) is 0 Å². The normalized spacial score (nSPS) is 29.2. The first-order valence-corrected chi connectivity index (χ1v) is 7.24. The Labute approximate surface area is 162 Å². The molecule has 144 valence electrons. The fourth-order valence-electron chi connectivity index (χ4n) is 1.99. The van der Waals surface area contributed by atoms with Gasteiger partial charge in [-0.05, 0) is 18.2 Å². The van der Waals surface area contributed by atoms with Gasteiger partial charge in [-0.15, -0.1) is 0 Å². The predicted molar refractivity (Wildman–Crippen MR) is 89.7 cm³/mol. The van der Waals surface area contributed by atoms with Gasteiger partial charge in [-0.2, -0.15) is 13.2 Å². The monoisotopic (exact) mass is 382 g/mol. The molecular weight excluding hydrogens is 351 g/mol. The fraction of sp³-hybridized carbons (Fsp3) is 0.529. The van der Waals surface area contributed by atoms with Crippen LogP contribution in [0.15, 0.2) is 24.2 Å². The minimum absolute atomic E-state index is 0.164. The van der Waals surface area contributed by atoms with E-state index in [0.717, 1.165) is 14.0 Å². The number of carbonyl (C=O) groups is 2.